The minimum absolute atomic E-state index is 0.0648. The first-order valence-electron chi connectivity index (χ1n) is 7.07. The van der Waals surface area contributed by atoms with E-state index >= 15 is 8.39 Å². The third-order valence-electron chi connectivity index (χ3n) is 3.16. The molecule has 5 heteroatoms. The number of rotatable bonds is 5. The van der Waals surface area contributed by atoms with Crippen LogP contribution in [0.15, 0.2) is 91.0 Å². The van der Waals surface area contributed by atoms with Crippen LogP contribution in [0.4, 0.5) is 8.39 Å². The van der Waals surface area contributed by atoms with Crippen molar-refractivity contribution in [1.29, 1.82) is 0 Å². The molecular formula is C18H15F2O2P. The number of para-hydroxylation sites is 2. The molecule has 0 aliphatic carbocycles. The average Bonchev–Trinajstić information content (AvgIpc) is 2.57. The van der Waals surface area contributed by atoms with E-state index in [-0.39, 0.29) is 16.8 Å². The summed E-state index contributed by atoms with van der Waals surface area (Å²) in [4.78, 5) is 0. The van der Waals surface area contributed by atoms with Gasteiger partial charge in [-0.05, 0) is 0 Å². The quantitative estimate of drug-likeness (QED) is 0.564. The number of benzene rings is 3. The molecule has 0 aliphatic heterocycles. The van der Waals surface area contributed by atoms with Crippen LogP contribution in [0.25, 0.3) is 0 Å². The molecule has 0 saturated heterocycles. The molecule has 0 aliphatic rings. The second-order valence-electron chi connectivity index (χ2n) is 4.91. The van der Waals surface area contributed by atoms with Crippen molar-refractivity contribution in [2.24, 2.45) is 0 Å². The Kier molecular flexibility index (Phi) is 4.01. The van der Waals surface area contributed by atoms with E-state index in [1.54, 1.807) is 54.6 Å². The second kappa shape index (κ2) is 5.98. The van der Waals surface area contributed by atoms with Gasteiger partial charge in [0, 0.05) is 0 Å². The summed E-state index contributed by atoms with van der Waals surface area (Å²) < 4.78 is 41.5. The van der Waals surface area contributed by atoms with Crippen LogP contribution in [0.3, 0.4) is 0 Å². The van der Waals surface area contributed by atoms with Crippen LogP contribution < -0.4 is 14.4 Å². The van der Waals surface area contributed by atoms with Crippen molar-refractivity contribution in [3.8, 4) is 11.5 Å². The Balaban J connectivity index is 2.05. The maximum atomic E-state index is 15.6. The Morgan fingerprint density at radius 2 is 0.870 bits per heavy atom. The monoisotopic (exact) mass is 332 g/mol. The van der Waals surface area contributed by atoms with E-state index in [0.717, 1.165) is 0 Å². The zero-order chi connectivity index (χ0) is 16.2. The van der Waals surface area contributed by atoms with Gasteiger partial charge in [-0.2, -0.15) is 0 Å². The molecule has 3 aromatic rings. The normalized spacial score (nSPS) is 12.9. The fraction of sp³-hybridized carbons (Fsp3) is 0. The van der Waals surface area contributed by atoms with Crippen molar-refractivity contribution >= 4 is 13.0 Å². The fourth-order valence-corrected chi connectivity index (χ4v) is 3.93. The Labute approximate surface area is 133 Å². The minimum atomic E-state index is -6.10. The fourth-order valence-electron chi connectivity index (χ4n) is 2.10. The van der Waals surface area contributed by atoms with E-state index in [4.69, 9.17) is 9.05 Å². The van der Waals surface area contributed by atoms with Gasteiger partial charge in [0.05, 0.1) is 0 Å². The molecule has 0 aromatic heterocycles. The van der Waals surface area contributed by atoms with Gasteiger partial charge in [0.2, 0.25) is 0 Å². The van der Waals surface area contributed by atoms with Gasteiger partial charge in [-0.15, -0.1) is 0 Å². The molecule has 0 heterocycles. The first-order valence-corrected chi connectivity index (χ1v) is 8.92. The number of hydrogen-bond donors (Lipinski definition) is 0. The van der Waals surface area contributed by atoms with E-state index in [2.05, 4.69) is 0 Å². The molecule has 3 aromatic carbocycles. The van der Waals surface area contributed by atoms with Crippen molar-refractivity contribution in [1.82, 2.24) is 0 Å². The molecule has 0 radical (unpaired) electrons. The summed E-state index contributed by atoms with van der Waals surface area (Å²) in [5.74, 6) is 0.130. The summed E-state index contributed by atoms with van der Waals surface area (Å²) in [5, 5.41) is -0.258. The molecule has 0 unspecified atom stereocenters. The first-order chi connectivity index (χ1) is 11.1. The molecule has 3 rings (SSSR count). The third kappa shape index (κ3) is 3.49. The van der Waals surface area contributed by atoms with Gasteiger partial charge >= 0.3 is 133 Å². The Hall–Kier alpha value is -2.45. The van der Waals surface area contributed by atoms with E-state index in [1.165, 1.54) is 36.4 Å². The SMILES string of the molecule is FP(F)(Oc1ccccc1)(Oc1ccccc1)c1ccccc1. The van der Waals surface area contributed by atoms with Crippen LogP contribution in [0.2, 0.25) is 0 Å². The van der Waals surface area contributed by atoms with Crippen LogP contribution in [-0.4, -0.2) is 0 Å². The van der Waals surface area contributed by atoms with Gasteiger partial charge in [0.1, 0.15) is 0 Å². The summed E-state index contributed by atoms with van der Waals surface area (Å²) in [6.45, 7) is 0. The Bertz CT molecular complexity index is 719. The number of hydrogen-bond acceptors (Lipinski definition) is 2. The molecule has 0 saturated carbocycles. The molecule has 0 N–H and O–H groups in total. The summed E-state index contributed by atoms with van der Waals surface area (Å²) >= 11 is 0. The van der Waals surface area contributed by atoms with Crippen molar-refractivity contribution in [2.45, 2.75) is 0 Å². The summed E-state index contributed by atoms with van der Waals surface area (Å²) in [5.41, 5.74) is 0. The molecule has 0 amide bonds. The summed E-state index contributed by atoms with van der Waals surface area (Å²) in [7, 11) is -6.10. The van der Waals surface area contributed by atoms with E-state index in [0.29, 0.717) is 0 Å². The molecule has 23 heavy (non-hydrogen) atoms. The van der Waals surface area contributed by atoms with E-state index < -0.39 is 7.68 Å². The van der Waals surface area contributed by atoms with Crippen molar-refractivity contribution in [3.63, 3.8) is 0 Å². The molecule has 0 bridgehead atoms. The molecular weight excluding hydrogens is 317 g/mol. The zero-order valence-electron chi connectivity index (χ0n) is 12.2. The number of halogens is 2. The maximum absolute atomic E-state index is 15.6. The molecule has 0 fully saturated rings. The summed E-state index contributed by atoms with van der Waals surface area (Å²) in [6, 6.07) is 23.4. The van der Waals surface area contributed by atoms with E-state index in [1.807, 2.05) is 0 Å². The molecule has 2 nitrogen and oxygen atoms in total. The van der Waals surface area contributed by atoms with Gasteiger partial charge in [-0.25, -0.2) is 0 Å². The summed E-state index contributed by atoms with van der Waals surface area (Å²) in [6.07, 6.45) is 0. The second-order valence-corrected chi connectivity index (χ2v) is 7.32. The molecule has 0 atom stereocenters. The third-order valence-corrected chi connectivity index (χ3v) is 5.30. The topological polar surface area (TPSA) is 18.5 Å². The first kappa shape index (κ1) is 15.4. The van der Waals surface area contributed by atoms with Crippen molar-refractivity contribution in [3.05, 3.63) is 91.0 Å². The average molecular weight is 332 g/mol. The Morgan fingerprint density at radius 1 is 0.522 bits per heavy atom. The van der Waals surface area contributed by atoms with Gasteiger partial charge in [0.15, 0.2) is 0 Å². The van der Waals surface area contributed by atoms with Gasteiger partial charge in [-0.3, -0.25) is 0 Å². The van der Waals surface area contributed by atoms with Crippen LogP contribution >= 0.6 is 7.68 Å². The zero-order valence-corrected chi connectivity index (χ0v) is 13.1. The van der Waals surface area contributed by atoms with E-state index in [9.17, 15) is 0 Å². The van der Waals surface area contributed by atoms with Gasteiger partial charge in [-0.1, -0.05) is 0 Å². The predicted molar refractivity (Wildman–Crippen MR) is 89.4 cm³/mol. The van der Waals surface area contributed by atoms with Crippen LogP contribution in [-0.2, 0) is 0 Å². The predicted octanol–water partition coefficient (Wildman–Crippen LogP) is 5.62. The van der Waals surface area contributed by atoms with Gasteiger partial charge < -0.3 is 0 Å². The Morgan fingerprint density at radius 3 is 1.26 bits per heavy atom. The molecule has 0 spiro atoms. The van der Waals surface area contributed by atoms with Crippen molar-refractivity contribution < 1.29 is 17.4 Å². The van der Waals surface area contributed by atoms with Crippen LogP contribution in [0, 0.1) is 0 Å². The van der Waals surface area contributed by atoms with Crippen LogP contribution in [0.5, 0.6) is 11.5 Å². The van der Waals surface area contributed by atoms with Crippen molar-refractivity contribution in [2.75, 3.05) is 0 Å². The standard InChI is InChI=1S/C18H15F2O2P/c19-23(20,18-14-8-3-9-15-18,21-16-10-4-1-5-11-16)22-17-12-6-2-7-13-17/h1-15H. The van der Waals surface area contributed by atoms with Gasteiger partial charge in [0.25, 0.3) is 0 Å². The molecule has 118 valence electrons. The van der Waals surface area contributed by atoms with Crippen LogP contribution in [0.1, 0.15) is 0 Å².